The van der Waals surface area contributed by atoms with Gasteiger partial charge in [0.1, 0.15) is 5.75 Å². The second-order valence-corrected chi connectivity index (χ2v) is 5.72. The molecule has 0 spiro atoms. The third-order valence-corrected chi connectivity index (χ3v) is 3.94. The van der Waals surface area contributed by atoms with Crippen molar-refractivity contribution >= 4 is 28.6 Å². The van der Waals surface area contributed by atoms with E-state index in [1.54, 1.807) is 30.5 Å². The van der Waals surface area contributed by atoms with E-state index in [0.717, 1.165) is 5.39 Å². The summed E-state index contributed by atoms with van der Waals surface area (Å²) in [6, 6.07) is 14.2. The molecule has 0 saturated carbocycles. The van der Waals surface area contributed by atoms with Crippen molar-refractivity contribution < 1.29 is 9.90 Å². The van der Waals surface area contributed by atoms with Crippen molar-refractivity contribution in [3.05, 3.63) is 66.5 Å². The largest absolute Gasteiger partial charge is 0.507 e. The van der Waals surface area contributed by atoms with Crippen LogP contribution in [0, 0.1) is 0 Å². The average Bonchev–Trinajstić information content (AvgIpc) is 2.68. The first kappa shape index (κ1) is 16.4. The smallest absolute Gasteiger partial charge is 0.259 e. The van der Waals surface area contributed by atoms with Crippen molar-refractivity contribution in [3.8, 4) is 17.1 Å². The summed E-state index contributed by atoms with van der Waals surface area (Å²) in [5.74, 6) is -0.328. The number of nitrogens with two attached hydrogens (primary N) is 1. The fourth-order valence-electron chi connectivity index (χ4n) is 2.68. The number of aromatic hydroxyl groups is 1. The molecule has 0 bridgehead atoms. The molecule has 0 fully saturated rings. The standard InChI is InChI=1S/C19H14N6O2/c20-18-22-16(14-8-7-11-4-1-2-6-13(11)15(14)26)23-19(25-18)24-17(27)12-5-3-9-21-10-12/h1-10,26H,(H3,20,22,23,24,25,27). The lowest BCUT2D eigenvalue weighted by Gasteiger charge is -2.09. The fourth-order valence-corrected chi connectivity index (χ4v) is 2.68. The summed E-state index contributed by atoms with van der Waals surface area (Å²) in [5, 5.41) is 14.7. The highest BCUT2D eigenvalue weighted by atomic mass is 16.3. The molecule has 2 heterocycles. The number of fused-ring (bicyclic) bond motifs is 1. The summed E-state index contributed by atoms with van der Waals surface area (Å²) >= 11 is 0. The van der Waals surface area contributed by atoms with Gasteiger partial charge in [0.25, 0.3) is 5.91 Å². The van der Waals surface area contributed by atoms with Gasteiger partial charge in [-0.05, 0) is 23.6 Å². The van der Waals surface area contributed by atoms with Gasteiger partial charge < -0.3 is 10.8 Å². The molecular weight excluding hydrogens is 344 g/mol. The lowest BCUT2D eigenvalue weighted by molar-refractivity contribution is 0.102. The van der Waals surface area contributed by atoms with Gasteiger partial charge in [-0.2, -0.15) is 15.0 Å². The number of anilines is 2. The molecule has 4 aromatic rings. The van der Waals surface area contributed by atoms with E-state index in [1.165, 1.54) is 6.20 Å². The van der Waals surface area contributed by atoms with Crippen LogP contribution in [-0.2, 0) is 0 Å². The van der Waals surface area contributed by atoms with Crippen LogP contribution < -0.4 is 11.1 Å². The van der Waals surface area contributed by atoms with Crippen LogP contribution in [0.1, 0.15) is 10.4 Å². The van der Waals surface area contributed by atoms with Crippen LogP contribution in [0.5, 0.6) is 5.75 Å². The lowest BCUT2D eigenvalue weighted by Crippen LogP contribution is -2.16. The highest BCUT2D eigenvalue weighted by Gasteiger charge is 2.15. The summed E-state index contributed by atoms with van der Waals surface area (Å²) in [6.45, 7) is 0. The average molecular weight is 358 g/mol. The summed E-state index contributed by atoms with van der Waals surface area (Å²) in [6.07, 6.45) is 2.99. The molecule has 0 aliphatic heterocycles. The summed E-state index contributed by atoms with van der Waals surface area (Å²) < 4.78 is 0. The van der Waals surface area contributed by atoms with Crippen molar-refractivity contribution in [2.45, 2.75) is 0 Å². The van der Waals surface area contributed by atoms with Crippen molar-refractivity contribution in [2.24, 2.45) is 0 Å². The Morgan fingerprint density at radius 3 is 2.67 bits per heavy atom. The number of hydrogen-bond donors (Lipinski definition) is 3. The molecule has 8 heteroatoms. The van der Waals surface area contributed by atoms with Gasteiger partial charge in [0.2, 0.25) is 11.9 Å². The summed E-state index contributed by atoms with van der Waals surface area (Å²) in [4.78, 5) is 28.4. The lowest BCUT2D eigenvalue weighted by atomic mass is 10.0. The number of rotatable bonds is 3. The van der Waals surface area contributed by atoms with Gasteiger partial charge in [0.15, 0.2) is 5.82 Å². The molecule has 0 atom stereocenters. The van der Waals surface area contributed by atoms with E-state index in [2.05, 4.69) is 25.3 Å². The quantitative estimate of drug-likeness (QED) is 0.514. The number of carbonyl (C=O) groups excluding carboxylic acids is 1. The Kier molecular flexibility index (Phi) is 4.06. The predicted octanol–water partition coefficient (Wildman–Crippen LogP) is 2.63. The maximum atomic E-state index is 12.3. The number of nitrogen functional groups attached to an aromatic ring is 1. The molecule has 27 heavy (non-hydrogen) atoms. The Hall–Kier alpha value is -4.07. The van der Waals surface area contributed by atoms with Crippen molar-refractivity contribution in [2.75, 3.05) is 11.1 Å². The van der Waals surface area contributed by atoms with Gasteiger partial charge in [-0.1, -0.05) is 30.3 Å². The topological polar surface area (TPSA) is 127 Å². The Labute approximate surface area is 153 Å². The highest BCUT2D eigenvalue weighted by Crippen LogP contribution is 2.34. The molecule has 1 amide bonds. The Morgan fingerprint density at radius 1 is 1.00 bits per heavy atom. The highest BCUT2D eigenvalue weighted by molar-refractivity contribution is 6.03. The number of aromatic nitrogens is 4. The normalized spacial score (nSPS) is 10.7. The van der Waals surface area contributed by atoms with Gasteiger partial charge in [0, 0.05) is 17.8 Å². The maximum Gasteiger partial charge on any atom is 0.259 e. The van der Waals surface area contributed by atoms with Gasteiger partial charge >= 0.3 is 0 Å². The zero-order valence-corrected chi connectivity index (χ0v) is 14.0. The Bertz CT molecular complexity index is 1150. The van der Waals surface area contributed by atoms with Crippen LogP contribution in [0.25, 0.3) is 22.2 Å². The first-order valence-electron chi connectivity index (χ1n) is 8.06. The van der Waals surface area contributed by atoms with E-state index in [9.17, 15) is 9.90 Å². The summed E-state index contributed by atoms with van der Waals surface area (Å²) in [5.41, 5.74) is 6.51. The molecule has 0 radical (unpaired) electrons. The maximum absolute atomic E-state index is 12.3. The first-order valence-corrected chi connectivity index (χ1v) is 8.06. The number of nitrogens with zero attached hydrogens (tertiary/aromatic N) is 4. The molecule has 2 aromatic heterocycles. The molecule has 4 N–H and O–H groups in total. The van der Waals surface area contributed by atoms with E-state index < -0.39 is 5.91 Å². The minimum Gasteiger partial charge on any atom is -0.507 e. The zero-order chi connectivity index (χ0) is 18.8. The molecule has 0 aliphatic rings. The first-order chi connectivity index (χ1) is 13.1. The number of phenols is 1. The molecule has 4 rings (SSSR count). The second-order valence-electron chi connectivity index (χ2n) is 5.72. The van der Waals surface area contributed by atoms with E-state index >= 15 is 0 Å². The molecule has 0 saturated heterocycles. The third kappa shape index (κ3) is 3.23. The van der Waals surface area contributed by atoms with E-state index in [1.807, 2.05) is 24.3 Å². The number of amides is 1. The number of phenolic OH excluding ortho intramolecular Hbond substituents is 1. The number of pyridine rings is 1. The van der Waals surface area contributed by atoms with E-state index in [4.69, 9.17) is 5.73 Å². The van der Waals surface area contributed by atoms with Crippen LogP contribution in [0.3, 0.4) is 0 Å². The van der Waals surface area contributed by atoms with Gasteiger partial charge in [0.05, 0.1) is 11.1 Å². The number of benzene rings is 2. The number of nitrogens with one attached hydrogen (secondary N) is 1. The fraction of sp³-hybridized carbons (Fsp3) is 0. The van der Waals surface area contributed by atoms with Crippen LogP contribution >= 0.6 is 0 Å². The summed E-state index contributed by atoms with van der Waals surface area (Å²) in [7, 11) is 0. The Morgan fingerprint density at radius 2 is 1.85 bits per heavy atom. The van der Waals surface area contributed by atoms with Gasteiger partial charge in [-0.25, -0.2) is 0 Å². The SMILES string of the molecule is Nc1nc(NC(=O)c2cccnc2)nc(-c2ccc3ccccc3c2O)n1. The monoisotopic (exact) mass is 358 g/mol. The predicted molar refractivity (Wildman–Crippen MR) is 101 cm³/mol. The second kappa shape index (κ2) is 6.68. The third-order valence-electron chi connectivity index (χ3n) is 3.94. The molecule has 132 valence electrons. The minimum atomic E-state index is -0.428. The zero-order valence-electron chi connectivity index (χ0n) is 14.0. The van der Waals surface area contributed by atoms with E-state index in [-0.39, 0.29) is 23.5 Å². The minimum absolute atomic E-state index is 0.0149. The number of carbonyl (C=O) groups is 1. The van der Waals surface area contributed by atoms with Crippen LogP contribution in [0.15, 0.2) is 60.9 Å². The molecular formula is C19H14N6O2. The molecule has 0 aliphatic carbocycles. The van der Waals surface area contributed by atoms with Crippen molar-refractivity contribution in [1.29, 1.82) is 0 Å². The van der Waals surface area contributed by atoms with Gasteiger partial charge in [-0.3, -0.25) is 15.1 Å². The Balaban J connectivity index is 1.73. The van der Waals surface area contributed by atoms with Crippen molar-refractivity contribution in [1.82, 2.24) is 19.9 Å². The van der Waals surface area contributed by atoms with Crippen LogP contribution in [-0.4, -0.2) is 30.9 Å². The van der Waals surface area contributed by atoms with Gasteiger partial charge in [-0.15, -0.1) is 0 Å². The number of hydrogen-bond acceptors (Lipinski definition) is 7. The molecule has 0 unspecified atom stereocenters. The molecule has 2 aromatic carbocycles. The molecule has 8 nitrogen and oxygen atoms in total. The van der Waals surface area contributed by atoms with E-state index in [0.29, 0.717) is 16.5 Å². The van der Waals surface area contributed by atoms with Crippen molar-refractivity contribution in [3.63, 3.8) is 0 Å². The van der Waals surface area contributed by atoms with Crippen LogP contribution in [0.4, 0.5) is 11.9 Å². The van der Waals surface area contributed by atoms with Crippen LogP contribution in [0.2, 0.25) is 0 Å².